The maximum absolute atomic E-state index is 13.6. The Balaban J connectivity index is 1.57. The Bertz CT molecular complexity index is 1800. The standard InChI is InChI=1S/C27H19N3O8S/c1-15-22(26(33)36-2)23(17-7-11-19(12-8-17)38-25(32)20-4-3-13-37-20)29-24(31)21(39-27(29)28-15)14-16-5-9-18(10-6-16)30(34)35/h3-14,23H,1-2H3/b21-14-. The second-order valence-corrected chi connectivity index (χ2v) is 9.37. The third kappa shape index (κ3) is 4.92. The Kier molecular flexibility index (Phi) is 6.77. The number of allylic oxidation sites excluding steroid dienone is 1. The number of carbonyl (C=O) groups excluding carboxylic acids is 2. The number of nitro groups is 1. The van der Waals surface area contributed by atoms with Crippen LogP contribution in [0.3, 0.4) is 0 Å². The van der Waals surface area contributed by atoms with E-state index in [-0.39, 0.29) is 22.8 Å². The van der Waals surface area contributed by atoms with Crippen LogP contribution >= 0.6 is 11.3 Å². The number of nitrogens with zero attached hydrogens (tertiary/aromatic N) is 3. The maximum atomic E-state index is 13.6. The number of hydrogen-bond acceptors (Lipinski definition) is 10. The van der Waals surface area contributed by atoms with Crippen LogP contribution < -0.4 is 19.6 Å². The molecule has 1 aliphatic heterocycles. The van der Waals surface area contributed by atoms with Crippen LogP contribution in [0.4, 0.5) is 5.69 Å². The zero-order valence-corrected chi connectivity index (χ0v) is 21.3. The number of benzene rings is 2. The van der Waals surface area contributed by atoms with Gasteiger partial charge in [0.05, 0.1) is 40.1 Å². The number of carbonyl (C=O) groups is 2. The van der Waals surface area contributed by atoms with Crippen molar-refractivity contribution in [2.24, 2.45) is 4.99 Å². The molecule has 1 atom stereocenters. The van der Waals surface area contributed by atoms with Crippen molar-refractivity contribution in [2.45, 2.75) is 13.0 Å². The second-order valence-electron chi connectivity index (χ2n) is 8.36. The van der Waals surface area contributed by atoms with E-state index in [2.05, 4.69) is 4.99 Å². The van der Waals surface area contributed by atoms with Crippen molar-refractivity contribution in [3.8, 4) is 5.75 Å². The molecule has 0 N–H and O–H groups in total. The molecule has 11 nitrogen and oxygen atoms in total. The molecule has 196 valence electrons. The highest BCUT2D eigenvalue weighted by molar-refractivity contribution is 7.07. The summed E-state index contributed by atoms with van der Waals surface area (Å²) in [5, 5.41) is 11.0. The molecule has 39 heavy (non-hydrogen) atoms. The SMILES string of the molecule is COC(=O)C1=C(C)N=c2s/c(=C\c3ccc([N+](=O)[O-])cc3)c(=O)n2C1c1ccc(OC(=O)c2ccco2)cc1. The Labute approximate surface area is 223 Å². The lowest BCUT2D eigenvalue weighted by molar-refractivity contribution is -0.384. The molecule has 3 heterocycles. The summed E-state index contributed by atoms with van der Waals surface area (Å²) in [6.07, 6.45) is 2.97. The molecule has 0 radical (unpaired) electrons. The average molecular weight is 546 g/mol. The van der Waals surface area contributed by atoms with Crippen LogP contribution in [-0.2, 0) is 9.53 Å². The number of non-ortho nitro benzene ring substituents is 1. The van der Waals surface area contributed by atoms with Crippen LogP contribution in [0.5, 0.6) is 5.75 Å². The van der Waals surface area contributed by atoms with E-state index in [0.717, 1.165) is 11.3 Å². The minimum atomic E-state index is -0.859. The lowest BCUT2D eigenvalue weighted by atomic mass is 9.96. The number of aromatic nitrogens is 1. The number of thiazole rings is 1. The Morgan fingerprint density at radius 2 is 1.82 bits per heavy atom. The van der Waals surface area contributed by atoms with Gasteiger partial charge in [0.25, 0.3) is 11.2 Å². The van der Waals surface area contributed by atoms with Crippen LogP contribution in [0.25, 0.3) is 6.08 Å². The van der Waals surface area contributed by atoms with Crippen LogP contribution in [0, 0.1) is 10.1 Å². The zero-order chi connectivity index (χ0) is 27.7. The largest absolute Gasteiger partial charge is 0.466 e. The third-order valence-corrected chi connectivity index (χ3v) is 6.94. The second kappa shape index (κ2) is 10.3. The fraction of sp³-hybridized carbons (Fsp3) is 0.111. The van der Waals surface area contributed by atoms with Gasteiger partial charge in [-0.1, -0.05) is 23.5 Å². The summed E-state index contributed by atoms with van der Waals surface area (Å²) < 4.78 is 17.1. The average Bonchev–Trinajstić information content (AvgIpc) is 3.57. The van der Waals surface area contributed by atoms with Gasteiger partial charge in [0.15, 0.2) is 4.80 Å². The molecular weight excluding hydrogens is 526 g/mol. The Morgan fingerprint density at radius 3 is 2.44 bits per heavy atom. The molecule has 12 heteroatoms. The van der Waals surface area contributed by atoms with Crippen molar-refractivity contribution >= 4 is 35.0 Å². The van der Waals surface area contributed by atoms with E-state index in [1.165, 1.54) is 36.1 Å². The fourth-order valence-corrected chi connectivity index (χ4v) is 5.17. The number of nitro benzene ring substituents is 1. The number of methoxy groups -OCH3 is 1. The number of esters is 2. The number of fused-ring (bicyclic) bond motifs is 1. The highest BCUT2D eigenvalue weighted by Crippen LogP contribution is 2.31. The minimum Gasteiger partial charge on any atom is -0.466 e. The molecular formula is C27H19N3O8S. The summed E-state index contributed by atoms with van der Waals surface area (Å²) in [5.41, 5.74) is 1.27. The van der Waals surface area contributed by atoms with Gasteiger partial charge in [-0.15, -0.1) is 0 Å². The first-order valence-corrected chi connectivity index (χ1v) is 12.3. The number of ether oxygens (including phenoxy) is 2. The van der Waals surface area contributed by atoms with E-state index in [4.69, 9.17) is 13.9 Å². The van der Waals surface area contributed by atoms with Gasteiger partial charge >= 0.3 is 11.9 Å². The molecule has 0 amide bonds. The van der Waals surface area contributed by atoms with Crippen LogP contribution in [0.1, 0.15) is 34.6 Å². The highest BCUT2D eigenvalue weighted by Gasteiger charge is 2.33. The van der Waals surface area contributed by atoms with Crippen molar-refractivity contribution in [3.05, 3.63) is 125 Å². The quantitative estimate of drug-likeness (QED) is 0.156. The molecule has 5 rings (SSSR count). The topological polar surface area (TPSA) is 143 Å². The number of furan rings is 1. The lowest BCUT2D eigenvalue weighted by Crippen LogP contribution is -2.39. The monoisotopic (exact) mass is 545 g/mol. The maximum Gasteiger partial charge on any atom is 0.379 e. The van der Waals surface area contributed by atoms with Gasteiger partial charge in [-0.25, -0.2) is 14.6 Å². The van der Waals surface area contributed by atoms with Gasteiger partial charge in [-0.3, -0.25) is 19.5 Å². The third-order valence-electron chi connectivity index (χ3n) is 5.96. The molecule has 2 aromatic carbocycles. The van der Waals surface area contributed by atoms with Gasteiger partial charge in [0.2, 0.25) is 5.76 Å². The summed E-state index contributed by atoms with van der Waals surface area (Å²) in [5.74, 6) is -1.02. The Morgan fingerprint density at radius 1 is 1.10 bits per heavy atom. The molecule has 1 unspecified atom stereocenters. The summed E-state index contributed by atoms with van der Waals surface area (Å²) in [6.45, 7) is 1.66. The van der Waals surface area contributed by atoms with E-state index >= 15 is 0 Å². The predicted octanol–water partition coefficient (Wildman–Crippen LogP) is 3.13. The number of rotatable bonds is 6. The van der Waals surface area contributed by atoms with Gasteiger partial charge in [0, 0.05) is 12.1 Å². The molecule has 1 aliphatic rings. The van der Waals surface area contributed by atoms with E-state index in [0.29, 0.717) is 26.2 Å². The van der Waals surface area contributed by atoms with E-state index < -0.39 is 28.5 Å². The first-order chi connectivity index (χ1) is 18.8. The van der Waals surface area contributed by atoms with E-state index in [1.807, 2.05) is 0 Å². The van der Waals surface area contributed by atoms with Crippen molar-refractivity contribution in [1.29, 1.82) is 0 Å². The smallest absolute Gasteiger partial charge is 0.379 e. The fourth-order valence-electron chi connectivity index (χ4n) is 4.12. The van der Waals surface area contributed by atoms with Gasteiger partial charge in [0.1, 0.15) is 5.75 Å². The molecule has 0 spiro atoms. The lowest BCUT2D eigenvalue weighted by Gasteiger charge is -2.24. The number of hydrogen-bond donors (Lipinski definition) is 0. The molecule has 0 saturated carbocycles. The van der Waals surface area contributed by atoms with E-state index in [9.17, 15) is 24.5 Å². The van der Waals surface area contributed by atoms with Crippen molar-refractivity contribution in [2.75, 3.05) is 7.11 Å². The van der Waals surface area contributed by atoms with Crippen LogP contribution in [0.2, 0.25) is 0 Å². The molecule has 0 aliphatic carbocycles. The van der Waals surface area contributed by atoms with Crippen LogP contribution in [0.15, 0.2) is 92.4 Å². The predicted molar refractivity (Wildman–Crippen MR) is 139 cm³/mol. The van der Waals surface area contributed by atoms with Crippen molar-refractivity contribution in [3.63, 3.8) is 0 Å². The first kappa shape index (κ1) is 25.5. The van der Waals surface area contributed by atoms with Gasteiger partial charge in [-0.2, -0.15) is 0 Å². The van der Waals surface area contributed by atoms with Gasteiger partial charge in [-0.05, 0) is 60.5 Å². The normalized spacial score (nSPS) is 14.9. The Hall–Kier alpha value is -5.10. The van der Waals surface area contributed by atoms with Crippen molar-refractivity contribution in [1.82, 2.24) is 4.57 Å². The van der Waals surface area contributed by atoms with Gasteiger partial charge < -0.3 is 13.9 Å². The zero-order valence-electron chi connectivity index (χ0n) is 20.5. The minimum absolute atomic E-state index is 0.0470. The molecule has 0 bridgehead atoms. The molecule has 2 aromatic heterocycles. The van der Waals surface area contributed by atoms with Crippen molar-refractivity contribution < 1.29 is 28.4 Å². The summed E-state index contributed by atoms with van der Waals surface area (Å²) in [7, 11) is 1.25. The van der Waals surface area contributed by atoms with Crippen LogP contribution in [-0.4, -0.2) is 28.5 Å². The molecule has 0 saturated heterocycles. The summed E-state index contributed by atoms with van der Waals surface area (Å²) in [4.78, 5) is 54.0. The first-order valence-electron chi connectivity index (χ1n) is 11.5. The summed E-state index contributed by atoms with van der Waals surface area (Å²) in [6, 6.07) is 14.4. The van der Waals surface area contributed by atoms with E-state index in [1.54, 1.807) is 55.5 Å². The summed E-state index contributed by atoms with van der Waals surface area (Å²) >= 11 is 1.13. The molecule has 4 aromatic rings. The molecule has 0 fully saturated rings. The highest BCUT2D eigenvalue weighted by atomic mass is 32.1.